The summed E-state index contributed by atoms with van der Waals surface area (Å²) < 4.78 is 39.7. The van der Waals surface area contributed by atoms with Crippen LogP contribution in [-0.4, -0.2) is 26.7 Å². The van der Waals surface area contributed by atoms with Gasteiger partial charge in [0.1, 0.15) is 5.75 Å². The number of anilines is 1. The van der Waals surface area contributed by atoms with Gasteiger partial charge in [0.05, 0.1) is 25.5 Å². The van der Waals surface area contributed by atoms with Crippen molar-refractivity contribution < 1.29 is 27.8 Å². The molecule has 2 aromatic carbocycles. The van der Waals surface area contributed by atoms with Crippen molar-refractivity contribution in [2.45, 2.75) is 6.61 Å². The molecule has 0 heterocycles. The van der Waals surface area contributed by atoms with E-state index in [-0.39, 0.29) is 17.1 Å². The zero-order valence-corrected chi connectivity index (χ0v) is 12.5. The molecule has 1 amide bonds. The molecule has 0 aliphatic heterocycles. The lowest BCUT2D eigenvalue weighted by Gasteiger charge is -2.15. The Morgan fingerprint density at radius 1 is 1.00 bits per heavy atom. The van der Waals surface area contributed by atoms with Gasteiger partial charge >= 0.3 is 6.61 Å². The standard InChI is InChI=1S/C16H15F2NO4/c1-21-12-8-4-3-7-11(12)19-15(20)10-6-5-9-13(22-2)14(10)23-16(17)18/h3-9,16H,1-2H3,(H,19,20). The summed E-state index contributed by atoms with van der Waals surface area (Å²) in [4.78, 5) is 12.4. The van der Waals surface area contributed by atoms with Gasteiger partial charge in [-0.1, -0.05) is 18.2 Å². The molecule has 122 valence electrons. The highest BCUT2D eigenvalue weighted by Crippen LogP contribution is 2.33. The minimum atomic E-state index is -3.08. The number of para-hydroxylation sites is 3. The van der Waals surface area contributed by atoms with Crippen LogP contribution in [0.15, 0.2) is 42.5 Å². The number of nitrogens with one attached hydrogen (secondary N) is 1. The van der Waals surface area contributed by atoms with Crippen LogP contribution in [0.5, 0.6) is 17.2 Å². The van der Waals surface area contributed by atoms with E-state index in [9.17, 15) is 13.6 Å². The SMILES string of the molecule is COc1ccccc1NC(=O)c1cccc(OC)c1OC(F)F. The molecule has 0 saturated heterocycles. The van der Waals surface area contributed by atoms with Gasteiger partial charge in [-0.15, -0.1) is 0 Å². The largest absolute Gasteiger partial charge is 0.495 e. The first kappa shape index (κ1) is 16.5. The Labute approximate surface area is 131 Å². The lowest BCUT2D eigenvalue weighted by Crippen LogP contribution is -2.16. The summed E-state index contributed by atoms with van der Waals surface area (Å²) in [6, 6.07) is 11.0. The van der Waals surface area contributed by atoms with E-state index in [1.165, 1.54) is 32.4 Å². The number of hydrogen-bond donors (Lipinski definition) is 1. The second-order valence-corrected chi connectivity index (χ2v) is 4.37. The third-order valence-electron chi connectivity index (χ3n) is 3.01. The summed E-state index contributed by atoms with van der Waals surface area (Å²) in [5.41, 5.74) is 0.335. The van der Waals surface area contributed by atoms with E-state index in [0.717, 1.165) is 0 Å². The molecule has 5 nitrogen and oxygen atoms in total. The first-order valence-electron chi connectivity index (χ1n) is 6.63. The Bertz CT molecular complexity index is 692. The minimum absolute atomic E-state index is 0.0398. The van der Waals surface area contributed by atoms with Crippen LogP contribution < -0.4 is 19.5 Å². The number of ether oxygens (including phenoxy) is 3. The number of alkyl halides is 2. The van der Waals surface area contributed by atoms with Gasteiger partial charge in [0, 0.05) is 0 Å². The predicted octanol–water partition coefficient (Wildman–Crippen LogP) is 3.56. The van der Waals surface area contributed by atoms with Gasteiger partial charge in [-0.05, 0) is 24.3 Å². The molecule has 0 aliphatic carbocycles. The first-order valence-corrected chi connectivity index (χ1v) is 6.63. The van der Waals surface area contributed by atoms with Crippen LogP contribution in [-0.2, 0) is 0 Å². The van der Waals surface area contributed by atoms with Crippen molar-refractivity contribution in [3.05, 3.63) is 48.0 Å². The highest BCUT2D eigenvalue weighted by molar-refractivity contribution is 6.07. The first-order chi connectivity index (χ1) is 11.1. The van der Waals surface area contributed by atoms with Crippen LogP contribution >= 0.6 is 0 Å². The Hall–Kier alpha value is -2.83. The van der Waals surface area contributed by atoms with Crippen LogP contribution in [0.1, 0.15) is 10.4 Å². The quantitative estimate of drug-likeness (QED) is 0.883. The topological polar surface area (TPSA) is 56.8 Å². The van der Waals surface area contributed by atoms with Crippen molar-refractivity contribution >= 4 is 11.6 Å². The molecule has 0 fully saturated rings. The van der Waals surface area contributed by atoms with Gasteiger partial charge in [-0.2, -0.15) is 8.78 Å². The van der Waals surface area contributed by atoms with Crippen LogP contribution in [0.2, 0.25) is 0 Å². The molecule has 1 N–H and O–H groups in total. The van der Waals surface area contributed by atoms with Gasteiger partial charge in [-0.25, -0.2) is 0 Å². The second kappa shape index (κ2) is 7.44. The fourth-order valence-electron chi connectivity index (χ4n) is 2.00. The summed E-state index contributed by atoms with van der Waals surface area (Å²) in [6.45, 7) is -3.08. The van der Waals surface area contributed by atoms with Crippen molar-refractivity contribution in [2.75, 3.05) is 19.5 Å². The maximum absolute atomic E-state index is 12.6. The average molecular weight is 323 g/mol. The number of benzene rings is 2. The predicted molar refractivity (Wildman–Crippen MR) is 80.6 cm³/mol. The van der Waals surface area contributed by atoms with Gasteiger partial charge in [0.15, 0.2) is 11.5 Å². The maximum Gasteiger partial charge on any atom is 0.387 e. The van der Waals surface area contributed by atoms with E-state index in [2.05, 4.69) is 10.1 Å². The zero-order chi connectivity index (χ0) is 16.8. The van der Waals surface area contributed by atoms with Gasteiger partial charge in [-0.3, -0.25) is 4.79 Å². The smallest absolute Gasteiger partial charge is 0.387 e. The minimum Gasteiger partial charge on any atom is -0.495 e. The highest BCUT2D eigenvalue weighted by Gasteiger charge is 2.21. The molecular weight excluding hydrogens is 308 g/mol. The molecule has 2 aromatic rings. The number of hydrogen-bond acceptors (Lipinski definition) is 4. The lowest BCUT2D eigenvalue weighted by molar-refractivity contribution is -0.0515. The number of amides is 1. The van der Waals surface area contributed by atoms with E-state index >= 15 is 0 Å². The third kappa shape index (κ3) is 3.88. The average Bonchev–Trinajstić information content (AvgIpc) is 2.55. The molecule has 7 heteroatoms. The molecular formula is C16H15F2NO4. The van der Waals surface area contributed by atoms with Crippen LogP contribution in [0.3, 0.4) is 0 Å². The van der Waals surface area contributed by atoms with Crippen molar-refractivity contribution in [1.82, 2.24) is 0 Å². The Morgan fingerprint density at radius 3 is 2.30 bits per heavy atom. The van der Waals surface area contributed by atoms with E-state index < -0.39 is 12.5 Å². The summed E-state index contributed by atoms with van der Waals surface area (Å²) >= 11 is 0. The summed E-state index contributed by atoms with van der Waals surface area (Å²) in [7, 11) is 2.76. The molecule has 0 bridgehead atoms. The van der Waals surface area contributed by atoms with Crippen LogP contribution in [0.25, 0.3) is 0 Å². The summed E-state index contributed by atoms with van der Waals surface area (Å²) in [6.07, 6.45) is 0. The van der Waals surface area contributed by atoms with E-state index in [1.807, 2.05) is 0 Å². The number of halogens is 2. The van der Waals surface area contributed by atoms with E-state index in [1.54, 1.807) is 24.3 Å². The monoisotopic (exact) mass is 323 g/mol. The number of carbonyl (C=O) groups is 1. The fourth-order valence-corrected chi connectivity index (χ4v) is 2.00. The van der Waals surface area contributed by atoms with Crippen molar-refractivity contribution in [3.63, 3.8) is 0 Å². The zero-order valence-electron chi connectivity index (χ0n) is 12.5. The van der Waals surface area contributed by atoms with Crippen molar-refractivity contribution in [2.24, 2.45) is 0 Å². The molecule has 0 unspecified atom stereocenters. The van der Waals surface area contributed by atoms with Crippen molar-refractivity contribution in [1.29, 1.82) is 0 Å². The molecule has 0 aliphatic rings. The van der Waals surface area contributed by atoms with Gasteiger partial charge in [0.2, 0.25) is 0 Å². The number of rotatable bonds is 6. The second-order valence-electron chi connectivity index (χ2n) is 4.37. The Morgan fingerprint density at radius 2 is 1.65 bits per heavy atom. The number of methoxy groups -OCH3 is 2. The molecule has 0 aromatic heterocycles. The van der Waals surface area contributed by atoms with Gasteiger partial charge < -0.3 is 19.5 Å². The molecule has 23 heavy (non-hydrogen) atoms. The third-order valence-corrected chi connectivity index (χ3v) is 3.01. The lowest BCUT2D eigenvalue weighted by atomic mass is 10.1. The van der Waals surface area contributed by atoms with Gasteiger partial charge in [0.25, 0.3) is 5.91 Å². The molecule has 0 spiro atoms. The Balaban J connectivity index is 2.35. The normalized spacial score (nSPS) is 10.3. The number of carbonyl (C=O) groups excluding carboxylic acids is 1. The van der Waals surface area contributed by atoms with E-state index in [0.29, 0.717) is 11.4 Å². The van der Waals surface area contributed by atoms with Crippen LogP contribution in [0, 0.1) is 0 Å². The highest BCUT2D eigenvalue weighted by atomic mass is 19.3. The summed E-state index contributed by atoms with van der Waals surface area (Å²) in [5, 5.41) is 2.60. The maximum atomic E-state index is 12.6. The molecule has 0 saturated carbocycles. The molecule has 0 atom stereocenters. The summed E-state index contributed by atoms with van der Waals surface area (Å²) in [5.74, 6) is -0.459. The van der Waals surface area contributed by atoms with Crippen LogP contribution in [0.4, 0.5) is 14.5 Å². The Kier molecular flexibility index (Phi) is 5.35. The fraction of sp³-hybridized carbons (Fsp3) is 0.188. The van der Waals surface area contributed by atoms with Crippen molar-refractivity contribution in [3.8, 4) is 17.2 Å². The molecule has 0 radical (unpaired) electrons. The molecule has 2 rings (SSSR count). The van der Waals surface area contributed by atoms with E-state index in [4.69, 9.17) is 9.47 Å².